The summed E-state index contributed by atoms with van der Waals surface area (Å²) in [6.45, 7) is 2.19. The Morgan fingerprint density at radius 3 is 2.59 bits per heavy atom. The van der Waals surface area contributed by atoms with Gasteiger partial charge >= 0.3 is 5.92 Å². The van der Waals surface area contributed by atoms with Gasteiger partial charge in [0.25, 0.3) is 5.91 Å². The number of nitrogens with one attached hydrogen (secondary N) is 1. The van der Waals surface area contributed by atoms with Crippen LogP contribution < -0.4 is 5.32 Å². The molecule has 17 heavy (non-hydrogen) atoms. The zero-order valence-corrected chi connectivity index (χ0v) is 9.71. The summed E-state index contributed by atoms with van der Waals surface area (Å²) in [6, 6.07) is -0.392. The molecule has 0 bridgehead atoms. The Morgan fingerprint density at radius 1 is 1.53 bits per heavy atom. The Balaban J connectivity index is 1.99. The first kappa shape index (κ1) is 12.7. The average molecular weight is 249 g/mol. The van der Waals surface area contributed by atoms with Gasteiger partial charge in [0.05, 0.1) is 12.1 Å². The largest absolute Gasteiger partial charge is 0.383 e. The van der Waals surface area contributed by atoms with E-state index in [1.165, 1.54) is 0 Å². The molecule has 0 spiro atoms. The van der Waals surface area contributed by atoms with Crippen LogP contribution in [-0.4, -0.2) is 41.3 Å². The summed E-state index contributed by atoms with van der Waals surface area (Å²) in [5, 5.41) is 11.9. The first-order valence-corrected chi connectivity index (χ1v) is 5.89. The zero-order chi connectivity index (χ0) is 12.7. The molecule has 4 nitrogen and oxygen atoms in total. The third-order valence-electron chi connectivity index (χ3n) is 3.74. The van der Waals surface area contributed by atoms with E-state index >= 15 is 0 Å². The number of rotatable bonds is 3. The Morgan fingerprint density at radius 2 is 2.18 bits per heavy atom. The SMILES string of the molecule is CC1OCCC1NC(=O)C(F)(F)C1(O)CCC1. The summed E-state index contributed by atoms with van der Waals surface area (Å²) in [5.74, 6) is -5.10. The molecule has 1 aliphatic carbocycles. The molecule has 2 unspecified atom stereocenters. The van der Waals surface area contributed by atoms with Crippen LogP contribution in [0.25, 0.3) is 0 Å². The lowest BCUT2D eigenvalue weighted by Crippen LogP contribution is -2.62. The number of carbonyl (C=O) groups excluding carboxylic acids is 1. The Bertz CT molecular complexity index is 318. The van der Waals surface area contributed by atoms with Crippen molar-refractivity contribution in [2.24, 2.45) is 0 Å². The van der Waals surface area contributed by atoms with Crippen molar-refractivity contribution in [1.82, 2.24) is 5.32 Å². The monoisotopic (exact) mass is 249 g/mol. The molecular formula is C11H17F2NO3. The standard InChI is InChI=1S/C11H17F2NO3/c1-7-8(3-6-17-7)14-9(15)11(12,13)10(16)4-2-5-10/h7-8,16H,2-6H2,1H3,(H,14,15). The van der Waals surface area contributed by atoms with E-state index in [1.807, 2.05) is 0 Å². The van der Waals surface area contributed by atoms with E-state index in [2.05, 4.69) is 5.32 Å². The molecule has 1 aliphatic heterocycles. The molecule has 2 N–H and O–H groups in total. The second-order valence-electron chi connectivity index (χ2n) is 4.90. The second-order valence-corrected chi connectivity index (χ2v) is 4.90. The molecule has 2 atom stereocenters. The summed E-state index contributed by atoms with van der Waals surface area (Å²) < 4.78 is 32.6. The van der Waals surface area contributed by atoms with Crippen LogP contribution in [0.5, 0.6) is 0 Å². The molecule has 0 aromatic rings. The van der Waals surface area contributed by atoms with E-state index in [0.717, 1.165) is 0 Å². The van der Waals surface area contributed by atoms with Crippen molar-refractivity contribution in [1.29, 1.82) is 0 Å². The number of carbonyl (C=O) groups is 1. The molecule has 1 amide bonds. The van der Waals surface area contributed by atoms with Crippen LogP contribution in [0.3, 0.4) is 0 Å². The van der Waals surface area contributed by atoms with Gasteiger partial charge in [-0.25, -0.2) is 0 Å². The molecular weight excluding hydrogens is 232 g/mol. The maximum atomic E-state index is 13.7. The van der Waals surface area contributed by atoms with Gasteiger partial charge in [0.2, 0.25) is 0 Å². The van der Waals surface area contributed by atoms with Crippen LogP contribution in [0, 0.1) is 0 Å². The van der Waals surface area contributed by atoms with Crippen LogP contribution in [0.1, 0.15) is 32.6 Å². The van der Waals surface area contributed by atoms with Crippen LogP contribution in [0.2, 0.25) is 0 Å². The molecule has 1 saturated heterocycles. The van der Waals surface area contributed by atoms with Crippen LogP contribution in [-0.2, 0) is 9.53 Å². The summed E-state index contributed by atoms with van der Waals surface area (Å²) in [5.41, 5.74) is -2.15. The molecule has 0 aromatic carbocycles. The minimum absolute atomic E-state index is 0.0237. The van der Waals surface area contributed by atoms with Crippen LogP contribution in [0.4, 0.5) is 8.78 Å². The first-order valence-electron chi connectivity index (χ1n) is 5.89. The highest BCUT2D eigenvalue weighted by molar-refractivity contribution is 5.85. The lowest BCUT2D eigenvalue weighted by molar-refractivity contribution is -0.216. The molecule has 2 aliphatic rings. The molecule has 2 fully saturated rings. The highest BCUT2D eigenvalue weighted by Gasteiger charge is 2.61. The van der Waals surface area contributed by atoms with Crippen molar-refractivity contribution in [3.63, 3.8) is 0 Å². The van der Waals surface area contributed by atoms with Gasteiger partial charge in [-0.3, -0.25) is 4.79 Å². The smallest absolute Gasteiger partial charge is 0.352 e. The van der Waals surface area contributed by atoms with Crippen molar-refractivity contribution >= 4 is 5.91 Å². The van der Waals surface area contributed by atoms with Crippen LogP contribution >= 0.6 is 0 Å². The number of halogens is 2. The van der Waals surface area contributed by atoms with E-state index in [-0.39, 0.29) is 18.9 Å². The topological polar surface area (TPSA) is 58.6 Å². The predicted octanol–water partition coefficient (Wildman–Crippen LogP) is 0.830. The van der Waals surface area contributed by atoms with Gasteiger partial charge in [0, 0.05) is 6.61 Å². The molecule has 0 radical (unpaired) electrons. The van der Waals surface area contributed by atoms with E-state index in [0.29, 0.717) is 19.4 Å². The zero-order valence-electron chi connectivity index (χ0n) is 9.71. The first-order chi connectivity index (χ1) is 7.87. The van der Waals surface area contributed by atoms with Gasteiger partial charge < -0.3 is 15.2 Å². The number of aliphatic hydroxyl groups is 1. The van der Waals surface area contributed by atoms with Crippen molar-refractivity contribution in [2.75, 3.05) is 6.61 Å². The van der Waals surface area contributed by atoms with Crippen LogP contribution in [0.15, 0.2) is 0 Å². The maximum Gasteiger partial charge on any atom is 0.352 e. The van der Waals surface area contributed by atoms with Gasteiger partial charge in [-0.15, -0.1) is 0 Å². The number of hydrogen-bond acceptors (Lipinski definition) is 3. The molecule has 0 aromatic heterocycles. The van der Waals surface area contributed by atoms with E-state index in [1.54, 1.807) is 6.92 Å². The average Bonchev–Trinajstić information content (AvgIpc) is 2.60. The van der Waals surface area contributed by atoms with E-state index < -0.39 is 23.5 Å². The highest BCUT2D eigenvalue weighted by Crippen LogP contribution is 2.44. The normalized spacial score (nSPS) is 32.0. The second kappa shape index (κ2) is 4.17. The molecule has 1 saturated carbocycles. The molecule has 2 rings (SSSR count). The van der Waals surface area contributed by atoms with Crippen molar-refractivity contribution < 1.29 is 23.4 Å². The Hall–Kier alpha value is -0.750. The maximum absolute atomic E-state index is 13.7. The Labute approximate surface area is 98.3 Å². The fourth-order valence-corrected chi connectivity index (χ4v) is 2.22. The lowest BCUT2D eigenvalue weighted by atomic mass is 9.75. The molecule has 1 heterocycles. The summed E-state index contributed by atoms with van der Waals surface area (Å²) in [4.78, 5) is 11.5. The van der Waals surface area contributed by atoms with Crippen molar-refractivity contribution in [3.05, 3.63) is 0 Å². The third-order valence-corrected chi connectivity index (χ3v) is 3.74. The third kappa shape index (κ3) is 2.04. The van der Waals surface area contributed by atoms with Gasteiger partial charge in [0.1, 0.15) is 5.60 Å². The highest BCUT2D eigenvalue weighted by atomic mass is 19.3. The predicted molar refractivity (Wildman–Crippen MR) is 55.7 cm³/mol. The lowest BCUT2D eigenvalue weighted by Gasteiger charge is -2.41. The summed E-state index contributed by atoms with van der Waals surface area (Å²) in [6.07, 6.45) is 0.753. The van der Waals surface area contributed by atoms with E-state index in [9.17, 15) is 18.7 Å². The Kier molecular flexibility index (Phi) is 3.12. The summed E-state index contributed by atoms with van der Waals surface area (Å²) >= 11 is 0. The minimum atomic E-state index is -3.71. The molecule has 6 heteroatoms. The van der Waals surface area contributed by atoms with Gasteiger partial charge in [0.15, 0.2) is 0 Å². The number of alkyl halides is 2. The number of amides is 1. The fraction of sp³-hybridized carbons (Fsp3) is 0.909. The number of ether oxygens (including phenoxy) is 1. The van der Waals surface area contributed by atoms with Gasteiger partial charge in [-0.1, -0.05) is 0 Å². The summed E-state index contributed by atoms with van der Waals surface area (Å²) in [7, 11) is 0. The van der Waals surface area contributed by atoms with Gasteiger partial charge in [-0.2, -0.15) is 8.78 Å². The fourth-order valence-electron chi connectivity index (χ4n) is 2.22. The quantitative estimate of drug-likeness (QED) is 0.779. The van der Waals surface area contributed by atoms with Crippen molar-refractivity contribution in [3.8, 4) is 0 Å². The van der Waals surface area contributed by atoms with E-state index in [4.69, 9.17) is 4.74 Å². The van der Waals surface area contributed by atoms with Crippen molar-refractivity contribution in [2.45, 2.75) is 56.3 Å². The minimum Gasteiger partial charge on any atom is -0.383 e. The number of hydrogen-bond donors (Lipinski definition) is 2. The van der Waals surface area contributed by atoms with Gasteiger partial charge in [-0.05, 0) is 32.6 Å². The molecule has 98 valence electrons.